The molecule has 1 saturated heterocycles. The van der Waals surface area contributed by atoms with E-state index in [1.165, 1.54) is 23.1 Å². The molecule has 1 fully saturated rings. The van der Waals surface area contributed by atoms with Crippen molar-refractivity contribution in [1.29, 1.82) is 0 Å². The number of nitrogens with zero attached hydrogens (tertiary/aromatic N) is 3. The van der Waals surface area contributed by atoms with E-state index in [1.54, 1.807) is 4.90 Å². The van der Waals surface area contributed by atoms with E-state index >= 15 is 0 Å². The van der Waals surface area contributed by atoms with Gasteiger partial charge in [0.15, 0.2) is 4.34 Å². The Bertz CT molecular complexity index is 564. The first-order valence-electron chi connectivity index (χ1n) is 7.61. The molecule has 1 aliphatic heterocycles. The molecule has 9 heteroatoms. The summed E-state index contributed by atoms with van der Waals surface area (Å²) in [5.74, 6) is -0.567. The van der Waals surface area contributed by atoms with Gasteiger partial charge >= 0.3 is 0 Å². The van der Waals surface area contributed by atoms with Gasteiger partial charge in [-0.1, -0.05) is 16.9 Å². The quantitative estimate of drug-likeness (QED) is 0.774. The van der Waals surface area contributed by atoms with Crippen LogP contribution in [0.25, 0.3) is 0 Å². The second kappa shape index (κ2) is 7.96. The molecule has 0 unspecified atom stereocenters. The van der Waals surface area contributed by atoms with Gasteiger partial charge in [-0.25, -0.2) is 0 Å². The Morgan fingerprint density at radius 2 is 2.13 bits per heavy atom. The normalized spacial score (nSPS) is 19.7. The Morgan fingerprint density at radius 1 is 1.39 bits per heavy atom. The molecule has 1 aromatic rings. The predicted molar refractivity (Wildman–Crippen MR) is 89.5 cm³/mol. The molecule has 2 heterocycles. The lowest BCUT2D eigenvalue weighted by atomic mass is 9.97. The lowest BCUT2D eigenvalue weighted by Gasteiger charge is -2.32. The number of primary amides is 1. The topological polar surface area (TPSA) is 98.4 Å². The average molecular weight is 358 g/mol. The highest BCUT2D eigenvalue weighted by Gasteiger charge is 2.30. The monoisotopic (exact) mass is 358 g/mol. The van der Waals surface area contributed by atoms with Crippen molar-refractivity contribution in [3.05, 3.63) is 0 Å². The van der Waals surface area contributed by atoms with E-state index < -0.39 is 0 Å². The number of amides is 2. The van der Waals surface area contributed by atoms with Crippen molar-refractivity contribution in [3.63, 3.8) is 0 Å². The Kier molecular flexibility index (Phi) is 6.23. The molecule has 2 rings (SSSR count). The molecule has 1 aromatic heterocycles. The third-order valence-electron chi connectivity index (χ3n) is 3.49. The Labute approximate surface area is 144 Å². The molecule has 2 amide bonds. The number of carbonyl (C=O) groups is 2. The van der Waals surface area contributed by atoms with Gasteiger partial charge in [-0.15, -0.1) is 5.10 Å². The van der Waals surface area contributed by atoms with Gasteiger partial charge in [0.25, 0.3) is 5.19 Å². The van der Waals surface area contributed by atoms with Gasteiger partial charge in [0.1, 0.15) is 0 Å². The Balaban J connectivity index is 1.91. The summed E-state index contributed by atoms with van der Waals surface area (Å²) < 4.78 is 6.18. The fourth-order valence-electron chi connectivity index (χ4n) is 2.36. The predicted octanol–water partition coefficient (Wildman–Crippen LogP) is 1.53. The van der Waals surface area contributed by atoms with Gasteiger partial charge in [0, 0.05) is 13.1 Å². The molecule has 7 nitrogen and oxygen atoms in total. The maximum absolute atomic E-state index is 12.5. The van der Waals surface area contributed by atoms with Crippen LogP contribution in [0.3, 0.4) is 0 Å². The molecular weight excluding hydrogens is 336 g/mol. The van der Waals surface area contributed by atoms with E-state index in [9.17, 15) is 9.59 Å². The van der Waals surface area contributed by atoms with Crippen LogP contribution in [0.1, 0.15) is 33.6 Å². The minimum atomic E-state index is -0.331. The van der Waals surface area contributed by atoms with Gasteiger partial charge < -0.3 is 15.4 Å². The molecule has 23 heavy (non-hydrogen) atoms. The fraction of sp³-hybridized carbons (Fsp3) is 0.714. The van der Waals surface area contributed by atoms with Crippen LogP contribution in [0, 0.1) is 5.92 Å². The van der Waals surface area contributed by atoms with Gasteiger partial charge in [-0.2, -0.15) is 0 Å². The fourth-order valence-corrected chi connectivity index (χ4v) is 4.40. The number of carbonyl (C=O) groups excluding carboxylic acids is 2. The van der Waals surface area contributed by atoms with Gasteiger partial charge in [0.05, 0.1) is 17.3 Å². The molecule has 0 spiro atoms. The number of likely N-dealkylation sites (tertiary alicyclic amines) is 1. The molecule has 2 atom stereocenters. The number of rotatable bonds is 6. The van der Waals surface area contributed by atoms with Crippen LogP contribution in [-0.4, -0.2) is 51.4 Å². The standard InChI is InChI=1S/C14H22N4O3S2/c1-8(2)21-13-16-17-14(23-13)22-9(3)12(20)18-6-4-5-10(7-18)11(15)19/h8-10H,4-7H2,1-3H3,(H2,15,19)/t9-,10+/m0/s1. The first kappa shape index (κ1) is 18.0. The Morgan fingerprint density at radius 3 is 2.78 bits per heavy atom. The molecule has 2 N–H and O–H groups in total. The van der Waals surface area contributed by atoms with Crippen molar-refractivity contribution in [2.45, 2.75) is 49.3 Å². The lowest BCUT2D eigenvalue weighted by Crippen LogP contribution is -2.46. The van der Waals surface area contributed by atoms with E-state index in [1.807, 2.05) is 20.8 Å². The number of hydrogen-bond donors (Lipinski definition) is 1. The van der Waals surface area contributed by atoms with Crippen molar-refractivity contribution in [1.82, 2.24) is 15.1 Å². The van der Waals surface area contributed by atoms with Crippen LogP contribution in [0.4, 0.5) is 0 Å². The molecule has 1 aliphatic rings. The van der Waals surface area contributed by atoms with Crippen molar-refractivity contribution in [2.75, 3.05) is 13.1 Å². The maximum Gasteiger partial charge on any atom is 0.295 e. The summed E-state index contributed by atoms with van der Waals surface area (Å²) >= 11 is 2.69. The van der Waals surface area contributed by atoms with Gasteiger partial charge in [-0.05, 0) is 44.9 Å². The van der Waals surface area contributed by atoms with Crippen molar-refractivity contribution in [3.8, 4) is 5.19 Å². The second-order valence-electron chi connectivity index (χ2n) is 5.79. The molecule has 0 aliphatic carbocycles. The second-order valence-corrected chi connectivity index (χ2v) is 8.31. The van der Waals surface area contributed by atoms with Crippen molar-refractivity contribution >= 4 is 34.9 Å². The van der Waals surface area contributed by atoms with Crippen molar-refractivity contribution in [2.24, 2.45) is 11.7 Å². The summed E-state index contributed by atoms with van der Waals surface area (Å²) in [6.45, 7) is 6.77. The zero-order valence-corrected chi connectivity index (χ0v) is 15.2. The molecule has 128 valence electrons. The van der Waals surface area contributed by atoms with Crippen molar-refractivity contribution < 1.29 is 14.3 Å². The lowest BCUT2D eigenvalue weighted by molar-refractivity contribution is -0.134. The molecule has 0 bridgehead atoms. The third kappa shape index (κ3) is 5.07. The number of piperidine rings is 1. The average Bonchev–Trinajstić information content (AvgIpc) is 2.92. The van der Waals surface area contributed by atoms with Crippen LogP contribution in [0.2, 0.25) is 0 Å². The van der Waals surface area contributed by atoms with E-state index in [4.69, 9.17) is 10.5 Å². The highest BCUT2D eigenvalue weighted by molar-refractivity contribution is 8.02. The van der Waals surface area contributed by atoms with Crippen LogP contribution >= 0.6 is 23.1 Å². The largest absolute Gasteiger partial charge is 0.466 e. The molecule has 0 saturated carbocycles. The number of aromatic nitrogens is 2. The number of nitrogens with two attached hydrogens (primary N) is 1. The van der Waals surface area contributed by atoms with E-state index in [0.717, 1.165) is 12.8 Å². The maximum atomic E-state index is 12.5. The number of ether oxygens (including phenoxy) is 1. The van der Waals surface area contributed by atoms with Crippen LogP contribution in [-0.2, 0) is 9.59 Å². The summed E-state index contributed by atoms with van der Waals surface area (Å²) in [5.41, 5.74) is 5.36. The molecule has 0 aromatic carbocycles. The Hall–Kier alpha value is -1.35. The zero-order valence-electron chi connectivity index (χ0n) is 13.5. The van der Waals surface area contributed by atoms with Gasteiger partial charge in [0.2, 0.25) is 11.8 Å². The summed E-state index contributed by atoms with van der Waals surface area (Å²) in [6.07, 6.45) is 1.61. The van der Waals surface area contributed by atoms with E-state index in [2.05, 4.69) is 10.2 Å². The number of hydrogen-bond acceptors (Lipinski definition) is 7. The smallest absolute Gasteiger partial charge is 0.295 e. The SMILES string of the molecule is CC(C)Oc1nnc(S[C@@H](C)C(=O)N2CCC[C@@H](C(N)=O)C2)s1. The van der Waals surface area contributed by atoms with E-state index in [0.29, 0.717) is 22.6 Å². The molecule has 0 radical (unpaired) electrons. The first-order chi connectivity index (χ1) is 10.9. The minimum Gasteiger partial charge on any atom is -0.466 e. The minimum absolute atomic E-state index is 0.00229. The highest BCUT2D eigenvalue weighted by Crippen LogP contribution is 2.31. The van der Waals surface area contributed by atoms with Gasteiger partial charge in [-0.3, -0.25) is 9.59 Å². The van der Waals surface area contributed by atoms with Crippen LogP contribution in [0.15, 0.2) is 4.34 Å². The third-order valence-corrected chi connectivity index (χ3v) is 5.47. The summed E-state index contributed by atoms with van der Waals surface area (Å²) in [5, 5.41) is 8.22. The highest BCUT2D eigenvalue weighted by atomic mass is 32.2. The van der Waals surface area contributed by atoms with Crippen LogP contribution < -0.4 is 10.5 Å². The van der Waals surface area contributed by atoms with E-state index in [-0.39, 0.29) is 29.1 Å². The molecular formula is C14H22N4O3S2. The number of thioether (sulfide) groups is 1. The summed E-state index contributed by atoms with van der Waals surface area (Å²) in [4.78, 5) is 25.6. The van der Waals surface area contributed by atoms with Crippen LogP contribution in [0.5, 0.6) is 5.19 Å². The zero-order chi connectivity index (χ0) is 17.0. The summed E-state index contributed by atoms with van der Waals surface area (Å²) in [6, 6.07) is 0. The summed E-state index contributed by atoms with van der Waals surface area (Å²) in [7, 11) is 0. The first-order valence-corrected chi connectivity index (χ1v) is 9.31.